The Bertz CT molecular complexity index is 578. The van der Waals surface area contributed by atoms with Crippen molar-refractivity contribution in [3.8, 4) is 17.4 Å². The van der Waals surface area contributed by atoms with Gasteiger partial charge in [0.25, 0.3) is 5.88 Å². The molecule has 18 heavy (non-hydrogen) atoms. The second-order valence-corrected chi connectivity index (χ2v) is 3.88. The minimum absolute atomic E-state index is 0.193. The fraction of sp³-hybridized carbons (Fsp3) is 0.0833. The number of hydrogen-bond donors (Lipinski definition) is 1. The van der Waals surface area contributed by atoms with Gasteiger partial charge < -0.3 is 15.2 Å². The van der Waals surface area contributed by atoms with E-state index in [0.29, 0.717) is 11.4 Å². The third-order valence-electron chi connectivity index (χ3n) is 2.20. The van der Waals surface area contributed by atoms with Crippen LogP contribution in [0.25, 0.3) is 0 Å². The highest BCUT2D eigenvalue weighted by molar-refractivity contribution is 6.30. The molecule has 0 unspecified atom stereocenters. The molecule has 1 aromatic heterocycles. The first-order valence-corrected chi connectivity index (χ1v) is 5.40. The predicted molar refractivity (Wildman–Crippen MR) is 66.7 cm³/mol. The fourth-order valence-electron chi connectivity index (χ4n) is 1.31. The van der Waals surface area contributed by atoms with Crippen LogP contribution in [0, 0.1) is 5.82 Å². The van der Waals surface area contributed by atoms with Gasteiger partial charge in [-0.2, -0.15) is 0 Å². The highest BCUT2D eigenvalue weighted by atomic mass is 35.5. The molecule has 0 amide bonds. The van der Waals surface area contributed by atoms with E-state index in [-0.39, 0.29) is 16.7 Å². The van der Waals surface area contributed by atoms with Crippen molar-refractivity contribution in [2.45, 2.75) is 0 Å². The number of nitrogen functional groups attached to an aromatic ring is 1. The minimum Gasteiger partial charge on any atom is -0.497 e. The first-order chi connectivity index (χ1) is 8.60. The predicted octanol–water partition coefficient (Wildman–Crippen LogP) is 3.26. The van der Waals surface area contributed by atoms with Crippen LogP contribution in [-0.4, -0.2) is 12.1 Å². The molecule has 4 nitrogen and oxygen atoms in total. The lowest BCUT2D eigenvalue weighted by molar-refractivity contribution is 0.401. The summed E-state index contributed by atoms with van der Waals surface area (Å²) in [5.74, 6) is -0.0410. The van der Waals surface area contributed by atoms with Gasteiger partial charge in [0.05, 0.1) is 17.8 Å². The molecule has 0 radical (unpaired) electrons. The molecule has 0 fully saturated rings. The molecule has 0 aliphatic rings. The van der Waals surface area contributed by atoms with Crippen LogP contribution in [0.15, 0.2) is 30.5 Å². The third kappa shape index (κ3) is 2.62. The number of halogens is 2. The number of ether oxygens (including phenoxy) is 2. The van der Waals surface area contributed by atoms with Gasteiger partial charge >= 0.3 is 0 Å². The number of methoxy groups -OCH3 is 1. The Balaban J connectivity index is 2.33. The highest BCUT2D eigenvalue weighted by Crippen LogP contribution is 2.31. The normalized spacial score (nSPS) is 10.2. The second-order valence-electron chi connectivity index (χ2n) is 3.45. The van der Waals surface area contributed by atoms with Crippen molar-refractivity contribution in [1.29, 1.82) is 0 Å². The monoisotopic (exact) mass is 268 g/mol. The van der Waals surface area contributed by atoms with E-state index in [4.69, 9.17) is 26.8 Å². The number of hydrogen-bond acceptors (Lipinski definition) is 4. The van der Waals surface area contributed by atoms with Gasteiger partial charge in [-0.25, -0.2) is 9.37 Å². The summed E-state index contributed by atoms with van der Waals surface area (Å²) >= 11 is 5.60. The van der Waals surface area contributed by atoms with E-state index in [1.807, 2.05) is 0 Å². The van der Waals surface area contributed by atoms with Crippen LogP contribution >= 0.6 is 11.6 Å². The van der Waals surface area contributed by atoms with Crippen molar-refractivity contribution < 1.29 is 13.9 Å². The maximum atomic E-state index is 13.5. The van der Waals surface area contributed by atoms with Crippen molar-refractivity contribution in [3.05, 3.63) is 41.3 Å². The van der Waals surface area contributed by atoms with E-state index >= 15 is 0 Å². The number of nitrogens with two attached hydrogens (primary N) is 1. The largest absolute Gasteiger partial charge is 0.497 e. The zero-order valence-corrected chi connectivity index (χ0v) is 10.2. The van der Waals surface area contributed by atoms with Crippen molar-refractivity contribution in [3.63, 3.8) is 0 Å². The molecule has 6 heteroatoms. The molecule has 0 bridgehead atoms. The minimum atomic E-state index is -0.662. The molecular weight excluding hydrogens is 259 g/mol. The number of nitrogens with zero attached hydrogens (tertiary/aromatic N) is 1. The maximum absolute atomic E-state index is 13.5. The quantitative estimate of drug-likeness (QED) is 0.868. The van der Waals surface area contributed by atoms with Gasteiger partial charge in [0.15, 0.2) is 11.6 Å². The van der Waals surface area contributed by atoms with Gasteiger partial charge in [-0.1, -0.05) is 11.6 Å². The summed E-state index contributed by atoms with van der Waals surface area (Å²) in [6.45, 7) is 0. The molecule has 0 saturated heterocycles. The lowest BCUT2D eigenvalue weighted by atomic mass is 10.3. The summed E-state index contributed by atoms with van der Waals surface area (Å²) in [5, 5.41) is 0.193. The van der Waals surface area contributed by atoms with E-state index in [1.54, 1.807) is 18.2 Å². The lowest BCUT2D eigenvalue weighted by Crippen LogP contribution is -1.96. The van der Waals surface area contributed by atoms with Crippen molar-refractivity contribution >= 4 is 17.3 Å². The van der Waals surface area contributed by atoms with Crippen LogP contribution in [0.1, 0.15) is 0 Å². The number of rotatable bonds is 3. The number of anilines is 1. The zero-order valence-electron chi connectivity index (χ0n) is 9.48. The first kappa shape index (κ1) is 12.4. The van der Waals surface area contributed by atoms with Crippen LogP contribution in [-0.2, 0) is 0 Å². The topological polar surface area (TPSA) is 57.4 Å². The Labute approximate surface area is 108 Å². The van der Waals surface area contributed by atoms with Crippen LogP contribution in [0.2, 0.25) is 5.02 Å². The first-order valence-electron chi connectivity index (χ1n) is 5.02. The van der Waals surface area contributed by atoms with Gasteiger partial charge in [-0.3, -0.25) is 0 Å². The third-order valence-corrected chi connectivity index (χ3v) is 2.41. The van der Waals surface area contributed by atoms with Crippen molar-refractivity contribution in [1.82, 2.24) is 4.98 Å². The molecular formula is C12H10ClFN2O2. The Kier molecular flexibility index (Phi) is 3.53. The van der Waals surface area contributed by atoms with Gasteiger partial charge in [0, 0.05) is 12.3 Å². The Morgan fingerprint density at radius 2 is 2.11 bits per heavy atom. The molecule has 1 heterocycles. The van der Waals surface area contributed by atoms with E-state index in [1.165, 1.54) is 13.3 Å². The molecule has 1 aromatic carbocycles. The molecule has 94 valence electrons. The smallest absolute Gasteiger partial charge is 0.256 e. The summed E-state index contributed by atoms with van der Waals surface area (Å²) in [6.07, 6.45) is 1.29. The van der Waals surface area contributed by atoms with E-state index < -0.39 is 5.82 Å². The lowest BCUT2D eigenvalue weighted by Gasteiger charge is -2.09. The van der Waals surface area contributed by atoms with Gasteiger partial charge in [0.2, 0.25) is 0 Å². The summed E-state index contributed by atoms with van der Waals surface area (Å²) in [4.78, 5) is 3.74. The summed E-state index contributed by atoms with van der Waals surface area (Å²) in [5.41, 5.74) is 6.07. The number of aromatic nitrogens is 1. The fourth-order valence-corrected chi connectivity index (χ4v) is 1.46. The molecule has 2 N–H and O–H groups in total. The second kappa shape index (κ2) is 5.10. The zero-order chi connectivity index (χ0) is 13.1. The summed E-state index contributed by atoms with van der Waals surface area (Å²) in [6, 6.07) is 5.93. The summed E-state index contributed by atoms with van der Waals surface area (Å²) < 4.78 is 23.8. The molecule has 0 aliphatic heterocycles. The molecule has 2 aromatic rings. The van der Waals surface area contributed by atoms with E-state index in [9.17, 15) is 4.39 Å². The van der Waals surface area contributed by atoms with Crippen molar-refractivity contribution in [2.75, 3.05) is 12.8 Å². The van der Waals surface area contributed by atoms with Crippen molar-refractivity contribution in [2.24, 2.45) is 0 Å². The molecule has 0 spiro atoms. The van der Waals surface area contributed by atoms with Gasteiger partial charge in [-0.15, -0.1) is 0 Å². The Hall–Kier alpha value is -2.01. The molecule has 2 rings (SSSR count). The molecule has 0 atom stereocenters. The Morgan fingerprint density at radius 1 is 1.33 bits per heavy atom. The summed E-state index contributed by atoms with van der Waals surface area (Å²) in [7, 11) is 1.51. The highest BCUT2D eigenvalue weighted by Gasteiger charge is 2.10. The van der Waals surface area contributed by atoms with E-state index in [2.05, 4.69) is 4.98 Å². The van der Waals surface area contributed by atoms with Gasteiger partial charge in [0.1, 0.15) is 5.75 Å². The number of benzene rings is 1. The van der Waals surface area contributed by atoms with Crippen LogP contribution in [0.4, 0.5) is 10.1 Å². The molecule has 0 aliphatic carbocycles. The standard InChI is InChI=1S/C12H10ClFN2O2/c1-17-8-2-3-10(15)11(5-8)18-12-9(14)4-7(13)6-16-12/h2-6H,15H2,1H3. The van der Waals surface area contributed by atoms with Crippen LogP contribution in [0.5, 0.6) is 17.4 Å². The number of pyridine rings is 1. The van der Waals surface area contributed by atoms with Crippen LogP contribution in [0.3, 0.4) is 0 Å². The van der Waals surface area contributed by atoms with Gasteiger partial charge in [-0.05, 0) is 18.2 Å². The Morgan fingerprint density at radius 3 is 2.78 bits per heavy atom. The van der Waals surface area contributed by atoms with E-state index in [0.717, 1.165) is 6.07 Å². The molecule has 0 saturated carbocycles. The maximum Gasteiger partial charge on any atom is 0.256 e. The average molecular weight is 269 g/mol. The average Bonchev–Trinajstić information content (AvgIpc) is 2.35. The SMILES string of the molecule is COc1ccc(N)c(Oc2ncc(Cl)cc2F)c1. The van der Waals surface area contributed by atoms with Crippen LogP contribution < -0.4 is 15.2 Å².